The summed E-state index contributed by atoms with van der Waals surface area (Å²) in [6, 6.07) is 9.34. The monoisotopic (exact) mass is 363 g/mol. The molecule has 0 bridgehead atoms. The minimum Gasteiger partial charge on any atom is -0.489 e. The Balaban J connectivity index is 1.89. The van der Waals surface area contributed by atoms with Crippen LogP contribution in [0.1, 0.15) is 26.5 Å². The molecule has 2 aromatic rings. The Bertz CT molecular complexity index is 685. The van der Waals surface area contributed by atoms with Crippen LogP contribution in [0, 0.1) is 5.82 Å². The minimum absolute atomic E-state index is 0.142. The van der Waals surface area contributed by atoms with Crippen molar-refractivity contribution in [3.8, 4) is 5.75 Å². The molecule has 142 valence electrons. The molecule has 0 spiro atoms. The molecule has 0 saturated heterocycles. The van der Waals surface area contributed by atoms with Gasteiger partial charge in [-0.15, -0.1) is 0 Å². The van der Waals surface area contributed by atoms with Gasteiger partial charge in [-0.1, -0.05) is 0 Å². The maximum absolute atomic E-state index is 12.9. The van der Waals surface area contributed by atoms with Gasteiger partial charge in [0.05, 0.1) is 19.4 Å². The Hall–Kier alpha value is -2.54. The number of guanidine groups is 1. The Morgan fingerprint density at radius 1 is 1.31 bits per heavy atom. The van der Waals surface area contributed by atoms with Crippen molar-refractivity contribution in [2.24, 2.45) is 4.99 Å². The van der Waals surface area contributed by atoms with E-state index >= 15 is 0 Å². The highest BCUT2D eigenvalue weighted by atomic mass is 19.1. The van der Waals surface area contributed by atoms with Gasteiger partial charge in [-0.25, -0.2) is 9.38 Å². The molecular weight excluding hydrogens is 337 g/mol. The average Bonchev–Trinajstić information content (AvgIpc) is 3.15. The standard InChI is InChI=1S/C19H26FN3O3/c1-4-21-18(23-13-19(3,24)17-6-5-11-25-17)22-12-14(2)26-16-9-7-15(20)8-10-16/h5-11,14,24H,4,12-13H2,1-3H3,(H2,21,22,23). The van der Waals surface area contributed by atoms with Crippen molar-refractivity contribution in [2.75, 3.05) is 19.6 Å². The molecule has 1 heterocycles. The zero-order valence-corrected chi connectivity index (χ0v) is 15.3. The molecule has 0 fully saturated rings. The van der Waals surface area contributed by atoms with E-state index in [1.807, 2.05) is 13.8 Å². The van der Waals surface area contributed by atoms with Crippen molar-refractivity contribution < 1.29 is 18.7 Å². The molecule has 1 aromatic heterocycles. The topological polar surface area (TPSA) is 79.0 Å². The number of hydrogen-bond donors (Lipinski definition) is 3. The molecule has 0 aliphatic heterocycles. The molecule has 3 N–H and O–H groups in total. The van der Waals surface area contributed by atoms with Gasteiger partial charge in [-0.05, 0) is 57.2 Å². The van der Waals surface area contributed by atoms with Crippen molar-refractivity contribution in [3.05, 3.63) is 54.2 Å². The molecule has 0 saturated carbocycles. The van der Waals surface area contributed by atoms with Gasteiger partial charge in [0.15, 0.2) is 5.96 Å². The first-order chi connectivity index (χ1) is 12.4. The lowest BCUT2D eigenvalue weighted by Gasteiger charge is -2.21. The van der Waals surface area contributed by atoms with Gasteiger partial charge in [0, 0.05) is 6.54 Å². The maximum Gasteiger partial charge on any atom is 0.191 e. The van der Waals surface area contributed by atoms with E-state index in [0.29, 0.717) is 30.6 Å². The molecule has 2 atom stereocenters. The second-order valence-corrected chi connectivity index (χ2v) is 6.21. The van der Waals surface area contributed by atoms with Crippen LogP contribution in [0.3, 0.4) is 0 Å². The molecule has 26 heavy (non-hydrogen) atoms. The van der Waals surface area contributed by atoms with Gasteiger partial charge < -0.3 is 24.9 Å². The van der Waals surface area contributed by atoms with Crippen molar-refractivity contribution in [1.82, 2.24) is 10.6 Å². The van der Waals surface area contributed by atoms with E-state index in [-0.39, 0.29) is 18.5 Å². The second kappa shape index (κ2) is 9.24. The molecule has 0 aliphatic carbocycles. The smallest absolute Gasteiger partial charge is 0.191 e. The zero-order chi connectivity index (χ0) is 19.0. The fraction of sp³-hybridized carbons (Fsp3) is 0.421. The van der Waals surface area contributed by atoms with E-state index in [2.05, 4.69) is 15.6 Å². The van der Waals surface area contributed by atoms with Gasteiger partial charge in [0.25, 0.3) is 0 Å². The van der Waals surface area contributed by atoms with E-state index in [4.69, 9.17) is 9.15 Å². The van der Waals surface area contributed by atoms with E-state index in [0.717, 1.165) is 0 Å². The highest BCUT2D eigenvalue weighted by Gasteiger charge is 2.26. The maximum atomic E-state index is 12.9. The first-order valence-corrected chi connectivity index (χ1v) is 8.61. The molecule has 6 nitrogen and oxygen atoms in total. The van der Waals surface area contributed by atoms with Gasteiger partial charge >= 0.3 is 0 Å². The summed E-state index contributed by atoms with van der Waals surface area (Å²) in [4.78, 5) is 4.41. The normalized spacial score (nSPS) is 15.2. The summed E-state index contributed by atoms with van der Waals surface area (Å²) in [6.45, 7) is 6.83. The Labute approximate surface area is 153 Å². The number of aliphatic hydroxyl groups is 1. The lowest BCUT2D eigenvalue weighted by molar-refractivity contribution is 0.0437. The minimum atomic E-state index is -1.19. The molecular formula is C19H26FN3O3. The highest BCUT2D eigenvalue weighted by Crippen LogP contribution is 2.21. The Morgan fingerprint density at radius 3 is 2.65 bits per heavy atom. The first-order valence-electron chi connectivity index (χ1n) is 8.61. The number of nitrogens with one attached hydrogen (secondary N) is 2. The highest BCUT2D eigenvalue weighted by molar-refractivity contribution is 5.79. The van der Waals surface area contributed by atoms with Crippen LogP contribution in [0.15, 0.2) is 52.1 Å². The number of aliphatic imine (C=N–C) groups is 1. The lowest BCUT2D eigenvalue weighted by Crippen LogP contribution is -2.42. The van der Waals surface area contributed by atoms with Crippen LogP contribution in [-0.2, 0) is 5.60 Å². The van der Waals surface area contributed by atoms with E-state index in [1.165, 1.54) is 18.4 Å². The third-order valence-electron chi connectivity index (χ3n) is 3.65. The van der Waals surface area contributed by atoms with Crippen molar-refractivity contribution in [1.29, 1.82) is 0 Å². The molecule has 0 amide bonds. The molecule has 7 heteroatoms. The van der Waals surface area contributed by atoms with Gasteiger partial charge in [-0.2, -0.15) is 0 Å². The van der Waals surface area contributed by atoms with Gasteiger partial charge in [0.1, 0.15) is 29.0 Å². The predicted molar refractivity (Wildman–Crippen MR) is 98.8 cm³/mol. The van der Waals surface area contributed by atoms with E-state index in [1.54, 1.807) is 31.2 Å². The average molecular weight is 363 g/mol. The quantitative estimate of drug-likeness (QED) is 0.496. The molecule has 0 aliphatic rings. The lowest BCUT2D eigenvalue weighted by atomic mass is 10.0. The van der Waals surface area contributed by atoms with E-state index < -0.39 is 5.60 Å². The largest absolute Gasteiger partial charge is 0.489 e. The summed E-state index contributed by atoms with van der Waals surface area (Å²) in [7, 11) is 0. The number of ether oxygens (including phenoxy) is 1. The molecule has 1 aromatic carbocycles. The van der Waals surface area contributed by atoms with Gasteiger partial charge in [0.2, 0.25) is 0 Å². The zero-order valence-electron chi connectivity index (χ0n) is 15.3. The Kier molecular flexibility index (Phi) is 7.03. The Morgan fingerprint density at radius 2 is 2.04 bits per heavy atom. The number of halogens is 1. The number of benzene rings is 1. The summed E-state index contributed by atoms with van der Waals surface area (Å²) >= 11 is 0. The van der Waals surface area contributed by atoms with Crippen LogP contribution in [-0.4, -0.2) is 36.8 Å². The molecule has 2 unspecified atom stereocenters. The van der Waals surface area contributed by atoms with Crippen LogP contribution < -0.4 is 15.4 Å². The predicted octanol–water partition coefficient (Wildman–Crippen LogP) is 2.65. The molecule has 2 rings (SSSR count). The summed E-state index contributed by atoms with van der Waals surface area (Å²) in [5.74, 6) is 1.33. The van der Waals surface area contributed by atoms with Crippen LogP contribution in [0.2, 0.25) is 0 Å². The van der Waals surface area contributed by atoms with Crippen LogP contribution in [0.5, 0.6) is 5.75 Å². The number of hydrogen-bond acceptors (Lipinski definition) is 4. The van der Waals surface area contributed by atoms with Crippen molar-refractivity contribution in [2.45, 2.75) is 32.5 Å². The summed E-state index contributed by atoms with van der Waals surface area (Å²) in [6.07, 6.45) is 1.36. The summed E-state index contributed by atoms with van der Waals surface area (Å²) in [5, 5.41) is 16.8. The fourth-order valence-corrected chi connectivity index (χ4v) is 2.27. The number of nitrogens with zero attached hydrogens (tertiary/aromatic N) is 1. The van der Waals surface area contributed by atoms with Crippen LogP contribution in [0.25, 0.3) is 0 Å². The third-order valence-corrected chi connectivity index (χ3v) is 3.65. The number of rotatable bonds is 8. The number of furan rings is 1. The first kappa shape index (κ1) is 19.8. The summed E-state index contributed by atoms with van der Waals surface area (Å²) < 4.78 is 23.9. The summed E-state index contributed by atoms with van der Waals surface area (Å²) in [5.41, 5.74) is -1.19. The molecule has 0 radical (unpaired) electrons. The van der Waals surface area contributed by atoms with Crippen molar-refractivity contribution in [3.63, 3.8) is 0 Å². The van der Waals surface area contributed by atoms with E-state index in [9.17, 15) is 9.50 Å². The van der Waals surface area contributed by atoms with Crippen LogP contribution in [0.4, 0.5) is 4.39 Å². The second-order valence-electron chi connectivity index (χ2n) is 6.21. The van der Waals surface area contributed by atoms with Crippen molar-refractivity contribution >= 4 is 5.96 Å². The third kappa shape index (κ3) is 6.07. The van der Waals surface area contributed by atoms with Crippen LogP contribution >= 0.6 is 0 Å². The van der Waals surface area contributed by atoms with Gasteiger partial charge in [-0.3, -0.25) is 0 Å². The fourth-order valence-electron chi connectivity index (χ4n) is 2.27. The SMILES string of the molecule is CCNC(=NCC(C)(O)c1ccco1)NCC(C)Oc1ccc(F)cc1.